The first kappa shape index (κ1) is 19.6. The van der Waals surface area contributed by atoms with Gasteiger partial charge in [-0.2, -0.15) is 0 Å². The Balaban J connectivity index is 1.41. The Morgan fingerprint density at radius 3 is 2.26 bits per heavy atom. The van der Waals surface area contributed by atoms with Crippen molar-refractivity contribution in [1.29, 1.82) is 0 Å². The van der Waals surface area contributed by atoms with E-state index in [-0.39, 0.29) is 5.91 Å². The number of benzene rings is 2. The summed E-state index contributed by atoms with van der Waals surface area (Å²) in [4.78, 5) is 17.0. The lowest BCUT2D eigenvalue weighted by molar-refractivity contribution is -0.122. The standard InChI is InChI=1S/C23H31N3O/c1-2-20-9-11-22(12-10-20)18-25-13-6-14-26(16-15-25)19-23(27)24-17-21-7-4-3-5-8-21/h3-5,7-12H,2,6,13-19H2,1H3,(H,24,27). The van der Waals surface area contributed by atoms with Crippen molar-refractivity contribution in [2.24, 2.45) is 0 Å². The second-order valence-corrected chi connectivity index (χ2v) is 7.34. The zero-order chi connectivity index (χ0) is 18.9. The molecule has 0 aliphatic carbocycles. The van der Waals surface area contributed by atoms with Gasteiger partial charge in [-0.3, -0.25) is 14.6 Å². The van der Waals surface area contributed by atoms with Crippen LogP contribution in [-0.2, 0) is 24.3 Å². The zero-order valence-corrected chi connectivity index (χ0v) is 16.4. The summed E-state index contributed by atoms with van der Waals surface area (Å²) in [5, 5.41) is 3.03. The maximum absolute atomic E-state index is 12.3. The number of rotatable bonds is 7. The van der Waals surface area contributed by atoms with Gasteiger partial charge in [0.15, 0.2) is 0 Å². The largest absolute Gasteiger partial charge is 0.351 e. The van der Waals surface area contributed by atoms with E-state index in [1.807, 2.05) is 30.3 Å². The van der Waals surface area contributed by atoms with Gasteiger partial charge in [0.25, 0.3) is 0 Å². The topological polar surface area (TPSA) is 35.6 Å². The van der Waals surface area contributed by atoms with Crippen LogP contribution in [-0.4, -0.2) is 48.4 Å². The first-order chi connectivity index (χ1) is 13.2. The molecule has 144 valence electrons. The molecular formula is C23H31N3O. The summed E-state index contributed by atoms with van der Waals surface area (Å²) in [6.45, 7) is 8.33. The lowest BCUT2D eigenvalue weighted by Gasteiger charge is -2.21. The molecule has 1 heterocycles. The predicted molar refractivity (Wildman–Crippen MR) is 110 cm³/mol. The summed E-state index contributed by atoms with van der Waals surface area (Å²) in [5.41, 5.74) is 3.91. The fourth-order valence-electron chi connectivity index (χ4n) is 3.53. The van der Waals surface area contributed by atoms with E-state index >= 15 is 0 Å². The Bertz CT molecular complexity index is 699. The van der Waals surface area contributed by atoms with Gasteiger partial charge in [0.05, 0.1) is 6.54 Å². The molecule has 0 atom stereocenters. The molecule has 1 N–H and O–H groups in total. The Morgan fingerprint density at radius 1 is 0.852 bits per heavy atom. The van der Waals surface area contributed by atoms with Crippen molar-refractivity contribution in [3.05, 3.63) is 71.3 Å². The first-order valence-electron chi connectivity index (χ1n) is 10.1. The highest BCUT2D eigenvalue weighted by molar-refractivity contribution is 5.78. The molecule has 1 amide bonds. The van der Waals surface area contributed by atoms with Crippen LogP contribution in [0.1, 0.15) is 30.0 Å². The number of hydrogen-bond acceptors (Lipinski definition) is 3. The minimum absolute atomic E-state index is 0.113. The van der Waals surface area contributed by atoms with Crippen molar-refractivity contribution >= 4 is 5.91 Å². The molecule has 0 aromatic heterocycles. The third-order valence-corrected chi connectivity index (χ3v) is 5.22. The molecule has 1 aliphatic heterocycles. The highest BCUT2D eigenvalue weighted by atomic mass is 16.2. The van der Waals surface area contributed by atoms with E-state index in [0.29, 0.717) is 13.1 Å². The van der Waals surface area contributed by atoms with Crippen LogP contribution >= 0.6 is 0 Å². The van der Waals surface area contributed by atoms with Gasteiger partial charge in [-0.05, 0) is 42.6 Å². The molecule has 1 aliphatic rings. The van der Waals surface area contributed by atoms with Gasteiger partial charge >= 0.3 is 0 Å². The Morgan fingerprint density at radius 2 is 1.52 bits per heavy atom. The molecule has 4 nitrogen and oxygen atoms in total. The minimum atomic E-state index is 0.113. The van der Waals surface area contributed by atoms with Crippen molar-refractivity contribution in [1.82, 2.24) is 15.1 Å². The van der Waals surface area contributed by atoms with Gasteiger partial charge in [-0.15, -0.1) is 0 Å². The molecule has 2 aromatic carbocycles. The summed E-state index contributed by atoms with van der Waals surface area (Å²) in [5.74, 6) is 0.113. The highest BCUT2D eigenvalue weighted by Gasteiger charge is 2.17. The summed E-state index contributed by atoms with van der Waals surface area (Å²) in [6.07, 6.45) is 2.20. The monoisotopic (exact) mass is 365 g/mol. The quantitative estimate of drug-likeness (QED) is 0.819. The van der Waals surface area contributed by atoms with E-state index in [9.17, 15) is 4.79 Å². The van der Waals surface area contributed by atoms with Gasteiger partial charge in [0.2, 0.25) is 5.91 Å². The van der Waals surface area contributed by atoms with Gasteiger partial charge in [0, 0.05) is 26.2 Å². The first-order valence-corrected chi connectivity index (χ1v) is 10.1. The fourth-order valence-corrected chi connectivity index (χ4v) is 3.53. The van der Waals surface area contributed by atoms with E-state index in [0.717, 1.165) is 51.1 Å². The summed E-state index contributed by atoms with van der Waals surface area (Å²) < 4.78 is 0. The van der Waals surface area contributed by atoms with Crippen molar-refractivity contribution in [3.8, 4) is 0 Å². The van der Waals surface area contributed by atoms with Crippen LogP contribution in [0.5, 0.6) is 0 Å². The van der Waals surface area contributed by atoms with Gasteiger partial charge < -0.3 is 5.32 Å². The third kappa shape index (κ3) is 6.49. The van der Waals surface area contributed by atoms with E-state index in [4.69, 9.17) is 0 Å². The van der Waals surface area contributed by atoms with E-state index in [1.54, 1.807) is 0 Å². The van der Waals surface area contributed by atoms with Crippen molar-refractivity contribution in [2.75, 3.05) is 32.7 Å². The number of hydrogen-bond donors (Lipinski definition) is 1. The number of nitrogens with zero attached hydrogens (tertiary/aromatic N) is 2. The Hall–Kier alpha value is -2.17. The molecule has 0 bridgehead atoms. The zero-order valence-electron chi connectivity index (χ0n) is 16.4. The van der Waals surface area contributed by atoms with Gasteiger partial charge in [-0.1, -0.05) is 61.5 Å². The van der Waals surface area contributed by atoms with Crippen LogP contribution in [0.2, 0.25) is 0 Å². The second kappa shape index (κ2) is 10.2. The number of nitrogens with one attached hydrogen (secondary N) is 1. The maximum atomic E-state index is 12.3. The maximum Gasteiger partial charge on any atom is 0.234 e. The number of carbonyl (C=O) groups excluding carboxylic acids is 1. The highest BCUT2D eigenvalue weighted by Crippen LogP contribution is 2.11. The molecular weight excluding hydrogens is 334 g/mol. The summed E-state index contributed by atoms with van der Waals surface area (Å²) >= 11 is 0. The van der Waals surface area contributed by atoms with Crippen LogP contribution in [0.25, 0.3) is 0 Å². The number of amides is 1. The lowest BCUT2D eigenvalue weighted by atomic mass is 10.1. The minimum Gasteiger partial charge on any atom is -0.351 e. The molecule has 0 saturated carbocycles. The van der Waals surface area contributed by atoms with Crippen LogP contribution in [0.3, 0.4) is 0 Å². The van der Waals surface area contributed by atoms with Crippen molar-refractivity contribution in [3.63, 3.8) is 0 Å². The van der Waals surface area contributed by atoms with Crippen molar-refractivity contribution in [2.45, 2.75) is 32.9 Å². The molecule has 0 spiro atoms. The molecule has 3 rings (SSSR count). The molecule has 27 heavy (non-hydrogen) atoms. The molecule has 0 unspecified atom stereocenters. The number of carbonyl (C=O) groups is 1. The lowest BCUT2D eigenvalue weighted by Crippen LogP contribution is -2.39. The average molecular weight is 366 g/mol. The second-order valence-electron chi connectivity index (χ2n) is 7.34. The molecule has 0 radical (unpaired) electrons. The fraction of sp³-hybridized carbons (Fsp3) is 0.435. The van der Waals surface area contributed by atoms with Gasteiger partial charge in [0.1, 0.15) is 0 Å². The van der Waals surface area contributed by atoms with E-state index in [1.165, 1.54) is 11.1 Å². The van der Waals surface area contributed by atoms with Crippen LogP contribution in [0, 0.1) is 0 Å². The van der Waals surface area contributed by atoms with Gasteiger partial charge in [-0.25, -0.2) is 0 Å². The average Bonchev–Trinajstić information content (AvgIpc) is 2.93. The smallest absolute Gasteiger partial charge is 0.234 e. The van der Waals surface area contributed by atoms with Crippen LogP contribution in [0.15, 0.2) is 54.6 Å². The van der Waals surface area contributed by atoms with Crippen LogP contribution < -0.4 is 5.32 Å². The Kier molecular flexibility index (Phi) is 7.43. The molecule has 1 fully saturated rings. The molecule has 4 heteroatoms. The summed E-state index contributed by atoms with van der Waals surface area (Å²) in [7, 11) is 0. The molecule has 1 saturated heterocycles. The van der Waals surface area contributed by atoms with E-state index < -0.39 is 0 Å². The summed E-state index contributed by atoms with van der Waals surface area (Å²) in [6, 6.07) is 19.0. The predicted octanol–water partition coefficient (Wildman–Crippen LogP) is 3.07. The SMILES string of the molecule is CCc1ccc(CN2CCCN(CC(=O)NCc3ccccc3)CC2)cc1. The number of aryl methyl sites for hydroxylation is 1. The van der Waals surface area contributed by atoms with Crippen molar-refractivity contribution < 1.29 is 4.79 Å². The normalized spacial score (nSPS) is 16.0. The Labute approximate surface area is 163 Å². The van der Waals surface area contributed by atoms with Crippen LogP contribution in [0.4, 0.5) is 0 Å². The van der Waals surface area contributed by atoms with E-state index in [2.05, 4.69) is 46.3 Å². The third-order valence-electron chi connectivity index (χ3n) is 5.22. The molecule has 2 aromatic rings.